The number of rotatable bonds is 7. The maximum absolute atomic E-state index is 13.0. The number of hydrogen-bond acceptors (Lipinski definition) is 3. The molecule has 2 rings (SSSR count). The normalized spacial score (nSPS) is 12.0. The van der Waals surface area contributed by atoms with Crippen LogP contribution in [0.5, 0.6) is 0 Å². The highest BCUT2D eigenvalue weighted by molar-refractivity contribution is 7.89. The molecule has 2 aromatic rings. The van der Waals surface area contributed by atoms with Crippen LogP contribution in [-0.4, -0.2) is 32.8 Å². The van der Waals surface area contributed by atoms with Crippen molar-refractivity contribution in [1.29, 1.82) is 0 Å². The molecule has 1 N–H and O–H groups in total. The van der Waals surface area contributed by atoms with Crippen molar-refractivity contribution in [3.05, 3.63) is 64.7 Å². The van der Waals surface area contributed by atoms with Crippen molar-refractivity contribution in [2.75, 3.05) is 13.6 Å². The molecule has 0 saturated heterocycles. The van der Waals surface area contributed by atoms with Gasteiger partial charge in [0.05, 0.1) is 10.6 Å². The molecule has 0 aliphatic carbocycles. The smallest absolute Gasteiger partial charge is 0.341 e. The molecule has 0 aromatic heterocycles. The van der Waals surface area contributed by atoms with Gasteiger partial charge in [-0.1, -0.05) is 41.9 Å². The van der Waals surface area contributed by atoms with Gasteiger partial charge in [0.15, 0.2) is 0 Å². The highest BCUT2D eigenvalue weighted by Gasteiger charge is 2.33. The molecule has 5 nitrogen and oxygen atoms in total. The van der Waals surface area contributed by atoms with E-state index >= 15 is 0 Å². The number of amides is 1. The van der Waals surface area contributed by atoms with Crippen molar-refractivity contribution in [1.82, 2.24) is 9.62 Å². The fraction of sp³-hybridized carbons (Fsp3) is 0.278. The SMILES string of the molecule is CN(Cc1ccccc1C(F)(F)F)C(=O)CCNS(=O)(=O)c1ccccc1Cl. The van der Waals surface area contributed by atoms with Crippen molar-refractivity contribution < 1.29 is 26.4 Å². The summed E-state index contributed by atoms with van der Waals surface area (Å²) in [5.41, 5.74) is -0.850. The van der Waals surface area contributed by atoms with Gasteiger partial charge in [0.2, 0.25) is 15.9 Å². The molecule has 0 aliphatic heterocycles. The Balaban J connectivity index is 1.96. The molecule has 0 aliphatic rings. The lowest BCUT2D eigenvalue weighted by atomic mass is 10.1. The van der Waals surface area contributed by atoms with E-state index in [1.165, 1.54) is 43.4 Å². The molecule has 152 valence electrons. The minimum absolute atomic E-state index is 0.0394. The van der Waals surface area contributed by atoms with Gasteiger partial charge in [-0.05, 0) is 23.8 Å². The predicted molar refractivity (Wildman–Crippen MR) is 99.2 cm³/mol. The fourth-order valence-electron chi connectivity index (χ4n) is 2.50. The van der Waals surface area contributed by atoms with Crippen LogP contribution in [0.15, 0.2) is 53.4 Å². The highest BCUT2D eigenvalue weighted by atomic mass is 35.5. The van der Waals surface area contributed by atoms with Gasteiger partial charge in [0.25, 0.3) is 0 Å². The third-order valence-corrected chi connectivity index (χ3v) is 5.87. The summed E-state index contributed by atoms with van der Waals surface area (Å²) >= 11 is 5.86. The average Bonchev–Trinajstić information content (AvgIpc) is 2.61. The maximum atomic E-state index is 13.0. The van der Waals surface area contributed by atoms with Crippen LogP contribution in [0, 0.1) is 0 Å². The van der Waals surface area contributed by atoms with Gasteiger partial charge < -0.3 is 4.90 Å². The van der Waals surface area contributed by atoms with Crippen LogP contribution >= 0.6 is 11.6 Å². The lowest BCUT2D eigenvalue weighted by Crippen LogP contribution is -2.32. The quantitative estimate of drug-likeness (QED) is 0.722. The van der Waals surface area contributed by atoms with Crippen molar-refractivity contribution in [3.8, 4) is 0 Å². The number of carbonyl (C=O) groups is 1. The largest absolute Gasteiger partial charge is 0.416 e. The predicted octanol–water partition coefficient (Wildman–Crippen LogP) is 3.69. The standard InChI is InChI=1S/C18H18ClF3N2O3S/c1-24(12-13-6-2-3-7-14(13)18(20,21)22)17(25)10-11-23-28(26,27)16-9-5-4-8-15(16)19/h2-9,23H,10-12H2,1H3. The first-order valence-corrected chi connectivity index (χ1v) is 10.0. The summed E-state index contributed by atoms with van der Waals surface area (Å²) in [6.45, 7) is -0.455. The summed E-state index contributed by atoms with van der Waals surface area (Å²) in [5.74, 6) is -0.501. The molecule has 1 amide bonds. The van der Waals surface area contributed by atoms with Gasteiger partial charge in [-0.3, -0.25) is 4.79 Å². The van der Waals surface area contributed by atoms with E-state index in [-0.39, 0.29) is 35.0 Å². The number of hydrogen-bond donors (Lipinski definition) is 1. The van der Waals surface area contributed by atoms with Crippen LogP contribution in [-0.2, 0) is 27.5 Å². The van der Waals surface area contributed by atoms with Crippen molar-refractivity contribution in [3.63, 3.8) is 0 Å². The van der Waals surface area contributed by atoms with Crippen LogP contribution in [0.4, 0.5) is 13.2 Å². The fourth-order valence-corrected chi connectivity index (χ4v) is 4.05. The molecule has 0 heterocycles. The summed E-state index contributed by atoms with van der Waals surface area (Å²) in [4.78, 5) is 13.2. The third kappa shape index (κ3) is 5.70. The van der Waals surface area contributed by atoms with Gasteiger partial charge in [-0.15, -0.1) is 0 Å². The molecular weight excluding hydrogens is 417 g/mol. The summed E-state index contributed by atoms with van der Waals surface area (Å²) in [7, 11) is -2.54. The Labute approximate surface area is 166 Å². The zero-order chi connectivity index (χ0) is 20.9. The molecule has 10 heteroatoms. The highest BCUT2D eigenvalue weighted by Crippen LogP contribution is 2.32. The number of halogens is 4. The summed E-state index contributed by atoms with van der Waals surface area (Å²) in [5, 5.41) is 0.0437. The number of sulfonamides is 1. The van der Waals surface area contributed by atoms with E-state index in [0.717, 1.165) is 11.0 Å². The topological polar surface area (TPSA) is 66.5 Å². The Morgan fingerprint density at radius 2 is 1.71 bits per heavy atom. The van der Waals surface area contributed by atoms with E-state index in [0.29, 0.717) is 0 Å². The van der Waals surface area contributed by atoms with Gasteiger partial charge >= 0.3 is 6.18 Å². The average molecular weight is 435 g/mol. The number of alkyl halides is 3. The lowest BCUT2D eigenvalue weighted by molar-refractivity contribution is -0.139. The van der Waals surface area contributed by atoms with E-state index < -0.39 is 27.7 Å². The van der Waals surface area contributed by atoms with E-state index in [1.54, 1.807) is 6.07 Å². The number of benzene rings is 2. The number of carbonyl (C=O) groups excluding carboxylic acids is 1. The second-order valence-corrected chi connectivity index (χ2v) is 8.13. The van der Waals surface area contributed by atoms with Crippen molar-refractivity contribution >= 4 is 27.5 Å². The van der Waals surface area contributed by atoms with E-state index in [1.807, 2.05) is 0 Å². The molecule has 0 bridgehead atoms. The Hall–Kier alpha value is -2.10. The van der Waals surface area contributed by atoms with E-state index in [2.05, 4.69) is 4.72 Å². The van der Waals surface area contributed by atoms with E-state index in [4.69, 9.17) is 11.6 Å². The maximum Gasteiger partial charge on any atom is 0.416 e. The first-order valence-electron chi connectivity index (χ1n) is 8.15. The molecule has 0 fully saturated rings. The van der Waals surface area contributed by atoms with Crippen LogP contribution in [0.25, 0.3) is 0 Å². The molecular formula is C18H18ClF3N2O3S. The molecule has 0 unspecified atom stereocenters. The monoisotopic (exact) mass is 434 g/mol. The lowest BCUT2D eigenvalue weighted by Gasteiger charge is -2.20. The molecule has 0 spiro atoms. The zero-order valence-corrected chi connectivity index (χ0v) is 16.4. The minimum Gasteiger partial charge on any atom is -0.341 e. The van der Waals surface area contributed by atoms with Crippen LogP contribution in [0.1, 0.15) is 17.5 Å². The molecule has 0 atom stereocenters. The first-order chi connectivity index (χ1) is 13.0. The van der Waals surface area contributed by atoms with Gasteiger partial charge in [0.1, 0.15) is 4.90 Å². The number of nitrogens with one attached hydrogen (secondary N) is 1. The molecule has 0 radical (unpaired) electrons. The van der Waals surface area contributed by atoms with E-state index in [9.17, 15) is 26.4 Å². The molecule has 0 saturated carbocycles. The Morgan fingerprint density at radius 3 is 2.36 bits per heavy atom. The second-order valence-electron chi connectivity index (χ2n) is 5.98. The summed E-state index contributed by atoms with van der Waals surface area (Å²) < 4.78 is 65.8. The number of nitrogens with zero attached hydrogens (tertiary/aromatic N) is 1. The zero-order valence-electron chi connectivity index (χ0n) is 14.8. The van der Waals surface area contributed by atoms with Crippen LogP contribution < -0.4 is 4.72 Å². The molecule has 28 heavy (non-hydrogen) atoms. The minimum atomic E-state index is -4.52. The van der Waals surface area contributed by atoms with Crippen molar-refractivity contribution in [2.24, 2.45) is 0 Å². The van der Waals surface area contributed by atoms with Gasteiger partial charge in [-0.2, -0.15) is 13.2 Å². The third-order valence-electron chi connectivity index (χ3n) is 3.91. The summed E-state index contributed by atoms with van der Waals surface area (Å²) in [6, 6.07) is 10.8. The Kier molecular flexibility index (Phi) is 7.08. The molecule has 2 aromatic carbocycles. The van der Waals surface area contributed by atoms with Crippen LogP contribution in [0.3, 0.4) is 0 Å². The van der Waals surface area contributed by atoms with Gasteiger partial charge in [-0.25, -0.2) is 13.1 Å². The Bertz CT molecular complexity index is 949. The van der Waals surface area contributed by atoms with Gasteiger partial charge in [0, 0.05) is 26.6 Å². The van der Waals surface area contributed by atoms with Crippen LogP contribution in [0.2, 0.25) is 5.02 Å². The first kappa shape index (κ1) is 22.2. The second kappa shape index (κ2) is 8.93. The Morgan fingerprint density at radius 1 is 1.11 bits per heavy atom. The van der Waals surface area contributed by atoms with Crippen molar-refractivity contribution in [2.45, 2.75) is 24.0 Å². The summed E-state index contributed by atoms with van der Waals surface area (Å²) in [6.07, 6.45) is -4.74.